The van der Waals surface area contributed by atoms with Crippen molar-refractivity contribution in [1.29, 1.82) is 0 Å². The molecule has 2 aromatic rings. The Bertz CT molecular complexity index is 604. The lowest BCUT2D eigenvalue weighted by molar-refractivity contribution is 0.0692. The highest BCUT2D eigenvalue weighted by Crippen LogP contribution is 2.28. The van der Waals surface area contributed by atoms with E-state index in [0.717, 1.165) is 12.1 Å². The van der Waals surface area contributed by atoms with Crippen LogP contribution < -0.4 is 4.74 Å². The van der Waals surface area contributed by atoms with Crippen molar-refractivity contribution >= 4 is 17.6 Å². The molecule has 1 aromatic heterocycles. The molecule has 4 nitrogen and oxygen atoms in total. The molecular weight excluding hydrogens is 261 g/mol. The molecule has 0 saturated carbocycles. The fourth-order valence-electron chi connectivity index (χ4n) is 1.30. The van der Waals surface area contributed by atoms with E-state index in [1.165, 1.54) is 24.5 Å². The van der Waals surface area contributed by atoms with Crippen LogP contribution in [0.25, 0.3) is 0 Å². The van der Waals surface area contributed by atoms with Crippen LogP contribution in [0.3, 0.4) is 0 Å². The normalized spacial score (nSPS) is 10.1. The van der Waals surface area contributed by atoms with Gasteiger partial charge in [-0.3, -0.25) is 4.98 Å². The summed E-state index contributed by atoms with van der Waals surface area (Å²) in [5, 5.41) is 8.96. The fraction of sp³-hybridized carbons (Fsp3) is 0. The smallest absolute Gasteiger partial charge is 0.338 e. The molecule has 0 radical (unpaired) electrons. The van der Waals surface area contributed by atoms with E-state index >= 15 is 0 Å². The van der Waals surface area contributed by atoms with E-state index in [4.69, 9.17) is 21.4 Å². The number of hydrogen-bond donors (Lipinski definition) is 1. The molecule has 0 bridgehead atoms. The number of halogens is 2. The van der Waals surface area contributed by atoms with Crippen LogP contribution in [0.15, 0.2) is 36.7 Å². The summed E-state index contributed by atoms with van der Waals surface area (Å²) >= 11 is 5.82. The van der Waals surface area contributed by atoms with Crippen molar-refractivity contribution in [1.82, 2.24) is 4.98 Å². The maximum Gasteiger partial charge on any atom is 0.338 e. The van der Waals surface area contributed by atoms with Crippen molar-refractivity contribution in [2.75, 3.05) is 0 Å². The summed E-state index contributed by atoms with van der Waals surface area (Å²) in [6.07, 6.45) is 2.86. The first-order valence-electron chi connectivity index (χ1n) is 4.88. The molecule has 1 aromatic carbocycles. The highest BCUT2D eigenvalue weighted by Gasteiger charge is 2.11. The standard InChI is InChI=1S/C12H7ClFNO3/c13-9-6-15-4-3-11(9)18-7-1-2-8(12(16)17)10(14)5-7/h1-6H,(H,16,17). The molecule has 0 spiro atoms. The Morgan fingerprint density at radius 2 is 2.17 bits per heavy atom. The molecule has 0 unspecified atom stereocenters. The van der Waals surface area contributed by atoms with E-state index in [1.54, 1.807) is 0 Å². The predicted molar refractivity (Wildman–Crippen MR) is 62.7 cm³/mol. The minimum atomic E-state index is -1.33. The Hall–Kier alpha value is -2.14. The fourth-order valence-corrected chi connectivity index (χ4v) is 1.46. The number of aromatic nitrogens is 1. The van der Waals surface area contributed by atoms with Crippen LogP contribution in [0.2, 0.25) is 5.02 Å². The molecule has 92 valence electrons. The van der Waals surface area contributed by atoms with Crippen molar-refractivity contribution in [2.45, 2.75) is 0 Å². The van der Waals surface area contributed by atoms with Gasteiger partial charge in [-0.2, -0.15) is 0 Å². The minimum absolute atomic E-state index is 0.158. The molecule has 0 aliphatic carbocycles. The molecule has 2 rings (SSSR count). The molecule has 6 heteroatoms. The first-order valence-corrected chi connectivity index (χ1v) is 5.26. The third kappa shape index (κ3) is 2.57. The van der Waals surface area contributed by atoms with Gasteiger partial charge in [-0.25, -0.2) is 9.18 Å². The minimum Gasteiger partial charge on any atom is -0.478 e. The summed E-state index contributed by atoms with van der Waals surface area (Å²) in [6, 6.07) is 4.98. The zero-order chi connectivity index (χ0) is 13.1. The molecule has 1 N–H and O–H groups in total. The molecular formula is C12H7ClFNO3. The summed E-state index contributed by atoms with van der Waals surface area (Å²) in [4.78, 5) is 14.4. The second-order valence-corrected chi connectivity index (χ2v) is 3.76. The first kappa shape index (κ1) is 12.3. The topological polar surface area (TPSA) is 59.4 Å². The molecule has 0 fully saturated rings. The van der Waals surface area contributed by atoms with Crippen molar-refractivity contribution in [2.24, 2.45) is 0 Å². The molecule has 18 heavy (non-hydrogen) atoms. The Labute approximate surface area is 107 Å². The van der Waals surface area contributed by atoms with E-state index in [-0.39, 0.29) is 10.8 Å². The van der Waals surface area contributed by atoms with Crippen LogP contribution in [0.5, 0.6) is 11.5 Å². The van der Waals surface area contributed by atoms with Gasteiger partial charge in [-0.1, -0.05) is 11.6 Å². The Balaban J connectivity index is 2.29. The van der Waals surface area contributed by atoms with Crippen LogP contribution in [-0.2, 0) is 0 Å². The summed E-state index contributed by atoms with van der Waals surface area (Å²) in [6.45, 7) is 0. The lowest BCUT2D eigenvalue weighted by atomic mass is 10.2. The number of hydrogen-bond acceptors (Lipinski definition) is 3. The Morgan fingerprint density at radius 1 is 1.39 bits per heavy atom. The van der Waals surface area contributed by atoms with Crippen molar-refractivity contribution in [3.8, 4) is 11.5 Å². The van der Waals surface area contributed by atoms with Crippen LogP contribution in [0.1, 0.15) is 10.4 Å². The lowest BCUT2D eigenvalue weighted by Crippen LogP contribution is -2.00. The summed E-state index contributed by atoms with van der Waals surface area (Å²) in [5.41, 5.74) is -0.414. The van der Waals surface area contributed by atoms with Gasteiger partial charge >= 0.3 is 5.97 Å². The Morgan fingerprint density at radius 3 is 2.78 bits per heavy atom. The van der Waals surface area contributed by atoms with E-state index in [2.05, 4.69) is 4.98 Å². The van der Waals surface area contributed by atoms with Gasteiger partial charge in [0.15, 0.2) is 0 Å². The number of carboxylic acid groups (broad SMARTS) is 1. The maximum absolute atomic E-state index is 13.4. The third-order valence-electron chi connectivity index (χ3n) is 2.13. The SMILES string of the molecule is O=C(O)c1ccc(Oc2ccncc2Cl)cc1F. The van der Waals surface area contributed by atoms with Crippen LogP contribution in [-0.4, -0.2) is 16.1 Å². The molecule has 0 saturated heterocycles. The highest BCUT2D eigenvalue weighted by atomic mass is 35.5. The average molecular weight is 268 g/mol. The van der Waals surface area contributed by atoms with Gasteiger partial charge in [0.2, 0.25) is 0 Å². The van der Waals surface area contributed by atoms with Crippen molar-refractivity contribution < 1.29 is 19.0 Å². The van der Waals surface area contributed by atoms with Gasteiger partial charge in [-0.05, 0) is 12.1 Å². The number of aromatic carboxylic acids is 1. The van der Waals surface area contributed by atoms with Crippen LogP contribution in [0, 0.1) is 5.82 Å². The van der Waals surface area contributed by atoms with Crippen molar-refractivity contribution in [3.63, 3.8) is 0 Å². The predicted octanol–water partition coefficient (Wildman–Crippen LogP) is 3.36. The van der Waals surface area contributed by atoms with Gasteiger partial charge in [-0.15, -0.1) is 0 Å². The highest BCUT2D eigenvalue weighted by molar-refractivity contribution is 6.31. The zero-order valence-corrected chi connectivity index (χ0v) is 9.69. The van der Waals surface area contributed by atoms with Crippen LogP contribution >= 0.6 is 11.6 Å². The van der Waals surface area contributed by atoms with E-state index < -0.39 is 17.3 Å². The maximum atomic E-state index is 13.4. The number of benzene rings is 1. The number of ether oxygens (including phenoxy) is 1. The lowest BCUT2D eigenvalue weighted by Gasteiger charge is -2.07. The summed E-state index contributed by atoms with van der Waals surface area (Å²) in [5.74, 6) is -1.73. The monoisotopic (exact) mass is 267 g/mol. The van der Waals surface area contributed by atoms with E-state index in [0.29, 0.717) is 5.75 Å². The van der Waals surface area contributed by atoms with E-state index in [1.807, 2.05) is 0 Å². The molecule has 0 atom stereocenters. The number of carboxylic acids is 1. The molecule has 0 aliphatic heterocycles. The van der Waals surface area contributed by atoms with Crippen molar-refractivity contribution in [3.05, 3.63) is 53.1 Å². The summed E-state index contributed by atoms with van der Waals surface area (Å²) < 4.78 is 18.7. The van der Waals surface area contributed by atoms with Gasteiger partial charge in [0, 0.05) is 24.5 Å². The number of nitrogens with zero attached hydrogens (tertiary/aromatic N) is 1. The molecule has 0 amide bonds. The Kier molecular flexibility index (Phi) is 3.43. The van der Waals surface area contributed by atoms with Crippen LogP contribution in [0.4, 0.5) is 4.39 Å². The van der Waals surface area contributed by atoms with Gasteiger partial charge in [0.05, 0.1) is 5.56 Å². The molecule has 0 aliphatic rings. The first-order chi connectivity index (χ1) is 8.58. The second-order valence-electron chi connectivity index (χ2n) is 3.35. The third-order valence-corrected chi connectivity index (χ3v) is 2.42. The van der Waals surface area contributed by atoms with Gasteiger partial charge < -0.3 is 9.84 Å². The molecule has 1 heterocycles. The van der Waals surface area contributed by atoms with E-state index in [9.17, 15) is 9.18 Å². The number of rotatable bonds is 3. The average Bonchev–Trinajstić information content (AvgIpc) is 2.32. The van der Waals surface area contributed by atoms with Gasteiger partial charge in [0.25, 0.3) is 0 Å². The summed E-state index contributed by atoms with van der Waals surface area (Å²) in [7, 11) is 0. The van der Waals surface area contributed by atoms with Gasteiger partial charge in [0.1, 0.15) is 22.3 Å². The second kappa shape index (κ2) is 5.01. The zero-order valence-electron chi connectivity index (χ0n) is 8.93. The number of carbonyl (C=O) groups is 1. The quantitative estimate of drug-likeness (QED) is 0.926. The largest absolute Gasteiger partial charge is 0.478 e. The number of pyridine rings is 1.